The quantitative estimate of drug-likeness (QED) is 0.575. The number of hydrogen-bond acceptors (Lipinski definition) is 4. The molecule has 2 N–H and O–H groups in total. The number of benzene rings is 2. The van der Waals surface area contributed by atoms with Crippen molar-refractivity contribution in [1.82, 2.24) is 30.5 Å². The Kier molecular flexibility index (Phi) is 3.89. The summed E-state index contributed by atoms with van der Waals surface area (Å²) in [5.41, 5.74) is 4.03. The maximum atomic E-state index is 13.7. The van der Waals surface area contributed by atoms with Gasteiger partial charge >= 0.3 is 0 Å². The van der Waals surface area contributed by atoms with Gasteiger partial charge in [0.25, 0.3) is 5.91 Å². The van der Waals surface area contributed by atoms with E-state index in [0.29, 0.717) is 11.3 Å². The zero-order valence-electron chi connectivity index (χ0n) is 14.9. The van der Waals surface area contributed by atoms with Crippen molar-refractivity contribution in [2.45, 2.75) is 25.3 Å². The van der Waals surface area contributed by atoms with Gasteiger partial charge in [0.1, 0.15) is 12.1 Å². The molecule has 4 aromatic rings. The first-order valence-electron chi connectivity index (χ1n) is 9.14. The Morgan fingerprint density at radius 2 is 2.14 bits per heavy atom. The number of aromatic nitrogens is 5. The lowest BCUT2D eigenvalue weighted by molar-refractivity contribution is 0.0931. The molecule has 1 aliphatic carbocycles. The minimum atomic E-state index is -0.254. The number of para-hydroxylation sites is 1. The highest BCUT2D eigenvalue weighted by Crippen LogP contribution is 2.35. The van der Waals surface area contributed by atoms with Crippen LogP contribution in [-0.2, 0) is 6.42 Å². The number of aryl methyl sites for hydroxylation is 1. The highest BCUT2D eigenvalue weighted by molar-refractivity contribution is 5.98. The zero-order valence-corrected chi connectivity index (χ0v) is 14.9. The zero-order chi connectivity index (χ0) is 19.1. The molecule has 0 unspecified atom stereocenters. The molecule has 1 aliphatic rings. The molecule has 140 valence electrons. The van der Waals surface area contributed by atoms with Crippen LogP contribution in [-0.4, -0.2) is 31.1 Å². The van der Waals surface area contributed by atoms with Crippen molar-refractivity contribution in [1.29, 1.82) is 0 Å². The summed E-state index contributed by atoms with van der Waals surface area (Å²) in [7, 11) is 0. The number of carbonyl (C=O) groups is 1. The van der Waals surface area contributed by atoms with Crippen LogP contribution < -0.4 is 5.32 Å². The average molecular weight is 376 g/mol. The molecule has 7 nitrogen and oxygen atoms in total. The summed E-state index contributed by atoms with van der Waals surface area (Å²) in [6.07, 6.45) is 4.07. The van der Waals surface area contributed by atoms with Crippen LogP contribution in [0.4, 0.5) is 4.39 Å². The van der Waals surface area contributed by atoms with Gasteiger partial charge in [-0.3, -0.25) is 4.79 Å². The van der Waals surface area contributed by atoms with E-state index in [1.165, 1.54) is 17.1 Å². The van der Waals surface area contributed by atoms with Crippen molar-refractivity contribution in [3.63, 3.8) is 0 Å². The molecule has 0 bridgehead atoms. The molecule has 0 aliphatic heterocycles. The van der Waals surface area contributed by atoms with Gasteiger partial charge in [0.05, 0.1) is 17.3 Å². The van der Waals surface area contributed by atoms with E-state index in [-0.39, 0.29) is 17.8 Å². The van der Waals surface area contributed by atoms with Crippen LogP contribution in [0.15, 0.2) is 48.8 Å². The van der Waals surface area contributed by atoms with Gasteiger partial charge in [-0.25, -0.2) is 4.39 Å². The van der Waals surface area contributed by atoms with Crippen LogP contribution >= 0.6 is 0 Å². The molecular weight excluding hydrogens is 359 g/mol. The van der Waals surface area contributed by atoms with Gasteiger partial charge < -0.3 is 10.3 Å². The molecule has 2 aromatic heterocycles. The fourth-order valence-electron chi connectivity index (χ4n) is 3.95. The molecule has 0 radical (unpaired) electrons. The summed E-state index contributed by atoms with van der Waals surface area (Å²) >= 11 is 0. The van der Waals surface area contributed by atoms with Crippen molar-refractivity contribution in [2.75, 3.05) is 0 Å². The van der Waals surface area contributed by atoms with E-state index in [0.717, 1.165) is 41.4 Å². The van der Waals surface area contributed by atoms with E-state index in [1.54, 1.807) is 30.3 Å². The van der Waals surface area contributed by atoms with E-state index in [1.807, 2.05) is 6.07 Å². The second-order valence-corrected chi connectivity index (χ2v) is 6.90. The molecule has 2 heterocycles. The Labute approximate surface area is 159 Å². The van der Waals surface area contributed by atoms with Crippen LogP contribution in [0.5, 0.6) is 0 Å². The standard InChI is InChI=1S/C20H17FN6O/c21-12-8-9-16-15(10-12)13-5-3-6-17(19(13)23-16)24-20(28)14-4-1-2-7-18(14)27-11-22-25-26-27/h1-2,4,7-11,17,23H,3,5-6H2,(H,24,28)/t17-/m1/s1. The number of hydrogen-bond donors (Lipinski definition) is 2. The maximum Gasteiger partial charge on any atom is 0.254 e. The molecule has 28 heavy (non-hydrogen) atoms. The predicted octanol–water partition coefficient (Wildman–Crippen LogP) is 3.09. The molecule has 0 fully saturated rings. The summed E-state index contributed by atoms with van der Waals surface area (Å²) < 4.78 is 15.2. The summed E-state index contributed by atoms with van der Waals surface area (Å²) in [5, 5.41) is 15.2. The van der Waals surface area contributed by atoms with Gasteiger partial charge in [0.15, 0.2) is 0 Å². The predicted molar refractivity (Wildman–Crippen MR) is 101 cm³/mol. The van der Waals surface area contributed by atoms with E-state index in [9.17, 15) is 9.18 Å². The smallest absolute Gasteiger partial charge is 0.254 e. The number of tetrazole rings is 1. The molecule has 0 spiro atoms. The molecule has 1 amide bonds. The SMILES string of the molecule is O=C(N[C@@H]1CCCc2c1[nH]c1ccc(F)cc21)c1ccccc1-n1cnnn1. The van der Waals surface area contributed by atoms with E-state index in [2.05, 4.69) is 25.8 Å². The van der Waals surface area contributed by atoms with Crippen molar-refractivity contribution < 1.29 is 9.18 Å². The fraction of sp³-hybridized carbons (Fsp3) is 0.200. The third-order valence-corrected chi connectivity index (χ3v) is 5.22. The molecule has 2 aromatic carbocycles. The number of aromatic amines is 1. The largest absolute Gasteiger partial charge is 0.356 e. The van der Waals surface area contributed by atoms with Crippen LogP contribution in [0.25, 0.3) is 16.6 Å². The lowest BCUT2D eigenvalue weighted by Gasteiger charge is -2.24. The number of nitrogens with one attached hydrogen (secondary N) is 2. The Morgan fingerprint density at radius 3 is 3.00 bits per heavy atom. The van der Waals surface area contributed by atoms with Crippen LogP contribution in [0.1, 0.15) is 40.5 Å². The van der Waals surface area contributed by atoms with Crippen molar-refractivity contribution in [3.8, 4) is 5.69 Å². The number of rotatable bonds is 3. The van der Waals surface area contributed by atoms with Gasteiger partial charge in [-0.05, 0) is 65.6 Å². The molecule has 5 rings (SSSR count). The third kappa shape index (κ3) is 2.74. The van der Waals surface area contributed by atoms with Gasteiger partial charge in [-0.15, -0.1) is 5.10 Å². The summed E-state index contributed by atoms with van der Waals surface area (Å²) in [6, 6.07) is 11.8. The lowest BCUT2D eigenvalue weighted by atomic mass is 9.91. The van der Waals surface area contributed by atoms with E-state index < -0.39 is 0 Å². The maximum absolute atomic E-state index is 13.7. The molecule has 0 saturated heterocycles. The van der Waals surface area contributed by atoms with Crippen LogP contribution in [0.2, 0.25) is 0 Å². The Balaban J connectivity index is 1.49. The minimum absolute atomic E-state index is 0.159. The second kappa shape index (κ2) is 6.56. The number of nitrogens with zero attached hydrogens (tertiary/aromatic N) is 4. The number of halogens is 1. The summed E-state index contributed by atoms with van der Waals surface area (Å²) in [6.45, 7) is 0. The molecule has 0 saturated carbocycles. The van der Waals surface area contributed by atoms with Crippen LogP contribution in [0.3, 0.4) is 0 Å². The third-order valence-electron chi connectivity index (χ3n) is 5.22. The normalized spacial score (nSPS) is 16.1. The number of amides is 1. The Bertz CT molecular complexity index is 1170. The van der Waals surface area contributed by atoms with Crippen molar-refractivity contribution in [3.05, 3.63) is 71.4 Å². The highest BCUT2D eigenvalue weighted by atomic mass is 19.1. The lowest BCUT2D eigenvalue weighted by Crippen LogP contribution is -2.31. The van der Waals surface area contributed by atoms with Gasteiger partial charge in [0, 0.05) is 16.6 Å². The van der Waals surface area contributed by atoms with Crippen molar-refractivity contribution >= 4 is 16.8 Å². The first-order chi connectivity index (χ1) is 13.7. The fourth-order valence-corrected chi connectivity index (χ4v) is 3.95. The summed E-state index contributed by atoms with van der Waals surface area (Å²) in [5.74, 6) is -0.454. The average Bonchev–Trinajstić information content (AvgIpc) is 3.36. The first-order valence-corrected chi connectivity index (χ1v) is 9.14. The minimum Gasteiger partial charge on any atom is -0.356 e. The molecule has 8 heteroatoms. The van der Waals surface area contributed by atoms with Crippen molar-refractivity contribution in [2.24, 2.45) is 0 Å². The van der Waals surface area contributed by atoms with E-state index in [4.69, 9.17) is 0 Å². The first kappa shape index (κ1) is 16.6. The van der Waals surface area contributed by atoms with Crippen LogP contribution in [0, 0.1) is 5.82 Å². The monoisotopic (exact) mass is 376 g/mol. The number of fused-ring (bicyclic) bond motifs is 3. The van der Waals surface area contributed by atoms with Gasteiger partial charge in [-0.2, -0.15) is 4.68 Å². The number of H-pyrrole nitrogens is 1. The van der Waals surface area contributed by atoms with E-state index >= 15 is 0 Å². The highest BCUT2D eigenvalue weighted by Gasteiger charge is 2.27. The Morgan fingerprint density at radius 1 is 1.25 bits per heavy atom. The van der Waals surface area contributed by atoms with Gasteiger partial charge in [0.2, 0.25) is 0 Å². The summed E-state index contributed by atoms with van der Waals surface area (Å²) in [4.78, 5) is 16.4. The number of carbonyl (C=O) groups excluding carboxylic acids is 1. The molecule has 1 atom stereocenters. The van der Waals surface area contributed by atoms with Gasteiger partial charge in [-0.1, -0.05) is 12.1 Å². The molecular formula is C20H17FN6O. The second-order valence-electron chi connectivity index (χ2n) is 6.90. The Hall–Kier alpha value is -3.55. The topological polar surface area (TPSA) is 88.5 Å².